The van der Waals surface area contributed by atoms with Gasteiger partial charge in [-0.1, -0.05) is 36.4 Å². The van der Waals surface area contributed by atoms with Crippen LogP contribution in [-0.2, 0) is 25.5 Å². The monoisotopic (exact) mass is 644 g/mol. The van der Waals surface area contributed by atoms with E-state index in [0.717, 1.165) is 4.90 Å². The van der Waals surface area contributed by atoms with Crippen molar-refractivity contribution in [1.82, 2.24) is 10.3 Å². The minimum absolute atomic E-state index is 0.0405. The molecule has 0 aliphatic rings. The highest BCUT2D eigenvalue weighted by atomic mass is 32.2. The Morgan fingerprint density at radius 2 is 1.62 bits per heavy atom. The fourth-order valence-corrected chi connectivity index (χ4v) is 5.35. The Bertz CT molecular complexity index is 1660. The van der Waals surface area contributed by atoms with E-state index in [1.807, 2.05) is 19.1 Å². The lowest BCUT2D eigenvalue weighted by Gasteiger charge is -2.13. The molecule has 3 amide bonds. The first-order valence-corrected chi connectivity index (χ1v) is 15.9. The predicted molar refractivity (Wildman–Crippen MR) is 176 cm³/mol. The minimum Gasteiger partial charge on any atom is -0.493 e. The summed E-state index contributed by atoms with van der Waals surface area (Å²) in [6, 6.07) is 22.9. The minimum atomic E-state index is -0.517. The Balaban J connectivity index is 1.38. The number of para-hydroxylation sites is 1. The fourth-order valence-electron chi connectivity index (χ4n) is 3.93. The standard InChI is InChI=1S/C33H32N4O6S2/c1-3-42-28-13-9-8-12-23(28)18-27(36-31(40)22-10-6-5-7-11-22)32(41)34-24-14-16-26(17-15-24)44-21-29(38)37-33-35-25(20-45-33)19-30(39)43-4-2/h5-18,20H,3-4,19,21H2,1-2H3,(H,34,41)(H,36,40)(H,35,37,38)/b27-18-. The number of carbonyl (C=O) groups is 4. The van der Waals surface area contributed by atoms with Gasteiger partial charge in [0.15, 0.2) is 5.13 Å². The molecule has 0 radical (unpaired) electrons. The maximum atomic E-state index is 13.4. The zero-order valence-electron chi connectivity index (χ0n) is 24.7. The van der Waals surface area contributed by atoms with Gasteiger partial charge >= 0.3 is 5.97 Å². The molecule has 0 bridgehead atoms. The van der Waals surface area contributed by atoms with Gasteiger partial charge in [0.2, 0.25) is 5.91 Å². The topological polar surface area (TPSA) is 136 Å². The average molecular weight is 645 g/mol. The third-order valence-electron chi connectivity index (χ3n) is 5.96. The van der Waals surface area contributed by atoms with E-state index < -0.39 is 11.8 Å². The molecule has 0 fully saturated rings. The van der Waals surface area contributed by atoms with Gasteiger partial charge in [0.1, 0.15) is 11.4 Å². The molecule has 4 aromatic rings. The molecule has 1 aromatic heterocycles. The zero-order valence-corrected chi connectivity index (χ0v) is 26.3. The third kappa shape index (κ3) is 10.3. The van der Waals surface area contributed by atoms with Crippen LogP contribution in [-0.4, -0.2) is 47.6 Å². The van der Waals surface area contributed by atoms with Crippen LogP contribution in [0.1, 0.15) is 35.5 Å². The summed E-state index contributed by atoms with van der Waals surface area (Å²) in [5, 5.41) is 10.4. The Kier molecular flexibility index (Phi) is 12.3. The average Bonchev–Trinajstić information content (AvgIpc) is 3.47. The third-order valence-corrected chi connectivity index (χ3v) is 7.78. The largest absolute Gasteiger partial charge is 0.493 e. The Morgan fingerprint density at radius 1 is 0.889 bits per heavy atom. The molecule has 3 N–H and O–H groups in total. The molecule has 0 atom stereocenters. The van der Waals surface area contributed by atoms with Crippen molar-refractivity contribution in [2.75, 3.05) is 29.6 Å². The molecule has 0 saturated heterocycles. The Labute approximate surface area is 269 Å². The summed E-state index contributed by atoms with van der Waals surface area (Å²) in [6.07, 6.45) is 1.63. The molecule has 12 heteroatoms. The zero-order chi connectivity index (χ0) is 32.0. The van der Waals surface area contributed by atoms with E-state index in [2.05, 4.69) is 20.9 Å². The maximum absolute atomic E-state index is 13.4. The number of benzene rings is 3. The van der Waals surface area contributed by atoms with Crippen molar-refractivity contribution < 1.29 is 28.7 Å². The normalized spacial score (nSPS) is 10.9. The molecule has 3 aromatic carbocycles. The molecule has 1 heterocycles. The summed E-state index contributed by atoms with van der Waals surface area (Å²) in [4.78, 5) is 55.5. The molecule has 232 valence electrons. The van der Waals surface area contributed by atoms with Crippen LogP contribution in [0.25, 0.3) is 6.08 Å². The highest BCUT2D eigenvalue weighted by Gasteiger charge is 2.17. The van der Waals surface area contributed by atoms with Crippen molar-refractivity contribution in [3.63, 3.8) is 0 Å². The van der Waals surface area contributed by atoms with E-state index >= 15 is 0 Å². The molecule has 0 spiro atoms. The van der Waals surface area contributed by atoms with Crippen LogP contribution in [0, 0.1) is 0 Å². The lowest BCUT2D eigenvalue weighted by molar-refractivity contribution is -0.142. The first kappa shape index (κ1) is 33.0. The molecule has 0 saturated carbocycles. The van der Waals surface area contributed by atoms with E-state index in [1.54, 1.807) is 85.1 Å². The second-order valence-corrected chi connectivity index (χ2v) is 11.2. The van der Waals surface area contributed by atoms with Gasteiger partial charge in [0, 0.05) is 27.1 Å². The molecular weight excluding hydrogens is 613 g/mol. The number of hydrogen-bond donors (Lipinski definition) is 3. The Morgan fingerprint density at radius 3 is 2.36 bits per heavy atom. The van der Waals surface area contributed by atoms with E-state index in [1.165, 1.54) is 23.1 Å². The highest BCUT2D eigenvalue weighted by molar-refractivity contribution is 8.00. The van der Waals surface area contributed by atoms with Gasteiger partial charge in [-0.3, -0.25) is 19.2 Å². The molecule has 10 nitrogen and oxygen atoms in total. The number of carbonyl (C=O) groups excluding carboxylic acids is 4. The van der Waals surface area contributed by atoms with Crippen molar-refractivity contribution in [2.24, 2.45) is 0 Å². The van der Waals surface area contributed by atoms with Gasteiger partial charge in [-0.2, -0.15) is 0 Å². The number of ether oxygens (including phenoxy) is 2. The summed E-state index contributed by atoms with van der Waals surface area (Å²) in [6.45, 7) is 4.34. The van der Waals surface area contributed by atoms with Gasteiger partial charge in [-0.15, -0.1) is 23.1 Å². The smallest absolute Gasteiger partial charge is 0.311 e. The highest BCUT2D eigenvalue weighted by Crippen LogP contribution is 2.24. The number of nitrogens with zero attached hydrogens (tertiary/aromatic N) is 1. The molecule has 0 aliphatic carbocycles. The van der Waals surface area contributed by atoms with Crippen LogP contribution < -0.4 is 20.7 Å². The van der Waals surface area contributed by atoms with Crippen molar-refractivity contribution in [3.05, 3.63) is 107 Å². The van der Waals surface area contributed by atoms with Crippen LogP contribution in [0.5, 0.6) is 5.75 Å². The summed E-state index contributed by atoms with van der Waals surface area (Å²) >= 11 is 2.55. The summed E-state index contributed by atoms with van der Waals surface area (Å²) in [5.41, 5.74) is 2.13. The summed E-state index contributed by atoms with van der Waals surface area (Å²) in [7, 11) is 0. The Hall–Kier alpha value is -4.94. The number of anilines is 2. The molecule has 0 unspecified atom stereocenters. The van der Waals surface area contributed by atoms with Gasteiger partial charge < -0.3 is 25.4 Å². The number of aromatic nitrogens is 1. The van der Waals surface area contributed by atoms with Crippen LogP contribution in [0.2, 0.25) is 0 Å². The lowest BCUT2D eigenvalue weighted by Crippen LogP contribution is -2.30. The van der Waals surface area contributed by atoms with Crippen LogP contribution in [0.4, 0.5) is 10.8 Å². The molecular formula is C33H32N4O6S2. The predicted octanol–water partition coefficient (Wildman–Crippen LogP) is 5.79. The van der Waals surface area contributed by atoms with E-state index in [0.29, 0.717) is 46.6 Å². The summed E-state index contributed by atoms with van der Waals surface area (Å²) < 4.78 is 10.6. The summed E-state index contributed by atoms with van der Waals surface area (Å²) in [5.74, 6) is -0.842. The van der Waals surface area contributed by atoms with Gasteiger partial charge in [0.25, 0.3) is 11.8 Å². The second-order valence-electron chi connectivity index (χ2n) is 9.29. The molecule has 45 heavy (non-hydrogen) atoms. The number of nitrogens with one attached hydrogen (secondary N) is 3. The first-order valence-electron chi connectivity index (χ1n) is 14.1. The first-order chi connectivity index (χ1) is 21.8. The van der Waals surface area contributed by atoms with Crippen LogP contribution in [0.3, 0.4) is 0 Å². The van der Waals surface area contributed by atoms with Gasteiger partial charge in [-0.05, 0) is 62.4 Å². The van der Waals surface area contributed by atoms with E-state index in [4.69, 9.17) is 9.47 Å². The number of hydrogen-bond acceptors (Lipinski definition) is 9. The van der Waals surface area contributed by atoms with Crippen molar-refractivity contribution in [2.45, 2.75) is 25.2 Å². The number of thioether (sulfide) groups is 1. The SMILES string of the molecule is CCOC(=O)Cc1csc(NC(=O)CSc2ccc(NC(=O)/C(=C/c3ccccc3OCC)NC(=O)c3ccccc3)cc2)n1. The van der Waals surface area contributed by atoms with E-state index in [9.17, 15) is 19.2 Å². The number of thiazole rings is 1. The van der Waals surface area contributed by atoms with E-state index in [-0.39, 0.29) is 29.7 Å². The second kappa shape index (κ2) is 16.8. The molecule has 4 rings (SSSR count). The lowest BCUT2D eigenvalue weighted by atomic mass is 10.1. The van der Waals surface area contributed by atoms with Crippen LogP contribution >= 0.6 is 23.1 Å². The molecule has 0 aliphatic heterocycles. The number of esters is 1. The quantitative estimate of drug-likeness (QED) is 0.0892. The fraction of sp³-hybridized carbons (Fsp3) is 0.182. The van der Waals surface area contributed by atoms with Gasteiger partial charge in [-0.25, -0.2) is 4.98 Å². The van der Waals surface area contributed by atoms with Crippen molar-refractivity contribution in [3.8, 4) is 5.75 Å². The maximum Gasteiger partial charge on any atom is 0.311 e. The number of amides is 3. The van der Waals surface area contributed by atoms with Gasteiger partial charge in [0.05, 0.1) is 31.1 Å². The van der Waals surface area contributed by atoms with Crippen LogP contribution in [0.15, 0.2) is 94.8 Å². The van der Waals surface area contributed by atoms with Crippen molar-refractivity contribution >= 4 is 63.7 Å². The van der Waals surface area contributed by atoms with Crippen molar-refractivity contribution in [1.29, 1.82) is 0 Å². The number of rotatable bonds is 14.